The quantitative estimate of drug-likeness (QED) is 0.635. The molecule has 0 saturated carbocycles. The van der Waals surface area contributed by atoms with Crippen molar-refractivity contribution in [1.29, 1.82) is 0 Å². The SMILES string of the molecule is CC.CN(O)c1ccccc1COc1cc[n-]n1.[Rf]. The molecule has 2 rings (SSSR count). The Labute approximate surface area is 107 Å². The van der Waals surface area contributed by atoms with Crippen molar-refractivity contribution in [3.63, 3.8) is 0 Å². The third-order valence-corrected chi connectivity index (χ3v) is 2.16. The van der Waals surface area contributed by atoms with E-state index in [0.717, 1.165) is 10.6 Å². The Morgan fingerprint density at radius 3 is 2.53 bits per heavy atom. The molecule has 0 bridgehead atoms. The number of benzene rings is 1. The standard InChI is InChI=1S/C11H12N3O2.C2H6.Rf/c1-14(15)10-5-3-2-4-9(10)8-16-11-6-7-12-13-11;1-2;/h2-7,15H,8H2,1H3;1-2H3;/q-1;;. The molecule has 0 atom stereocenters. The molecule has 0 unspecified atom stereocenters. The minimum absolute atomic E-state index is 0. The number of hydroxylamine groups is 1. The molecule has 0 amide bonds. The summed E-state index contributed by atoms with van der Waals surface area (Å²) in [5, 5.41) is 17.9. The summed E-state index contributed by atoms with van der Waals surface area (Å²) in [5.41, 5.74) is 1.59. The molecule has 6 heteroatoms. The van der Waals surface area contributed by atoms with E-state index in [9.17, 15) is 5.21 Å². The molecular formula is C13H18N3O2Rf-. The van der Waals surface area contributed by atoms with Crippen LogP contribution in [0.5, 0.6) is 5.88 Å². The van der Waals surface area contributed by atoms with E-state index in [1.807, 2.05) is 38.1 Å². The molecule has 0 fully saturated rings. The number of para-hydroxylation sites is 1. The van der Waals surface area contributed by atoms with Crippen LogP contribution in [0.15, 0.2) is 36.5 Å². The van der Waals surface area contributed by atoms with Crippen LogP contribution in [0.2, 0.25) is 0 Å². The minimum atomic E-state index is 0. The fourth-order valence-corrected chi connectivity index (χ4v) is 1.40. The van der Waals surface area contributed by atoms with Gasteiger partial charge in [-0.2, -0.15) is 6.20 Å². The summed E-state index contributed by atoms with van der Waals surface area (Å²) in [7, 11) is 1.57. The van der Waals surface area contributed by atoms with Gasteiger partial charge in [-0.1, -0.05) is 32.0 Å². The van der Waals surface area contributed by atoms with E-state index in [0.29, 0.717) is 18.2 Å². The average molecular weight is 515 g/mol. The molecule has 0 saturated heterocycles. The van der Waals surface area contributed by atoms with Crippen LogP contribution in [0.4, 0.5) is 5.69 Å². The van der Waals surface area contributed by atoms with Gasteiger partial charge in [0.15, 0.2) is 5.88 Å². The second-order valence-corrected chi connectivity index (χ2v) is 3.31. The molecule has 1 N–H and O–H groups in total. The Balaban J connectivity index is 0.00000103. The third-order valence-electron chi connectivity index (χ3n) is 2.16. The molecule has 0 radical (unpaired) electrons. The van der Waals surface area contributed by atoms with Crippen molar-refractivity contribution in [3.05, 3.63) is 42.1 Å². The van der Waals surface area contributed by atoms with Crippen molar-refractivity contribution in [2.45, 2.75) is 20.5 Å². The monoisotopic (exact) mass is 515 g/mol. The second kappa shape index (κ2) is 8.14. The van der Waals surface area contributed by atoms with Crippen LogP contribution in [0.25, 0.3) is 0 Å². The van der Waals surface area contributed by atoms with Crippen molar-refractivity contribution in [2.75, 3.05) is 12.1 Å². The molecule has 5 nitrogen and oxygen atoms in total. The average Bonchev–Trinajstić information content (AvgIpc) is 2.92. The summed E-state index contributed by atoms with van der Waals surface area (Å²) in [6.07, 6.45) is 1.57. The van der Waals surface area contributed by atoms with Crippen molar-refractivity contribution >= 4 is 5.69 Å². The zero-order valence-electron chi connectivity index (χ0n) is 11.6. The first-order valence-electron chi connectivity index (χ1n) is 5.85. The molecule has 1 aromatic heterocycles. The number of aromatic nitrogens is 2. The van der Waals surface area contributed by atoms with Gasteiger partial charge < -0.3 is 14.9 Å². The summed E-state index contributed by atoms with van der Waals surface area (Å²) >= 11 is 0. The van der Waals surface area contributed by atoms with E-state index in [4.69, 9.17) is 4.74 Å². The Morgan fingerprint density at radius 1 is 1.26 bits per heavy atom. The predicted molar refractivity (Wildman–Crippen MR) is 69.9 cm³/mol. The van der Waals surface area contributed by atoms with Crippen molar-refractivity contribution in [2.24, 2.45) is 0 Å². The first-order chi connectivity index (χ1) is 8.77. The summed E-state index contributed by atoms with van der Waals surface area (Å²) < 4.78 is 5.41. The van der Waals surface area contributed by atoms with Crippen molar-refractivity contribution in [3.8, 4) is 5.88 Å². The Kier molecular flexibility index (Phi) is 6.85. The van der Waals surface area contributed by atoms with Gasteiger partial charge in [0.05, 0.1) is 5.69 Å². The molecule has 0 spiro atoms. The maximum atomic E-state index is 9.41. The van der Waals surface area contributed by atoms with E-state index in [1.54, 1.807) is 19.3 Å². The van der Waals surface area contributed by atoms with Crippen LogP contribution in [0, 0.1) is 0 Å². The third kappa shape index (κ3) is 4.40. The molecule has 19 heavy (non-hydrogen) atoms. The molecule has 0 aliphatic rings. The van der Waals surface area contributed by atoms with Crippen LogP contribution in [-0.4, -0.2) is 17.4 Å². The van der Waals surface area contributed by atoms with E-state index >= 15 is 0 Å². The normalized spacial score (nSPS) is 8.84. The number of nitrogens with zero attached hydrogens (tertiary/aromatic N) is 3. The molecule has 0 aliphatic heterocycles. The fraction of sp³-hybridized carbons (Fsp3) is 0.308. The first kappa shape index (κ1) is 16.0. The largest absolute Gasteiger partial charge is 0.579 e. The molecule has 100 valence electrons. The van der Waals surface area contributed by atoms with Gasteiger partial charge in [0.1, 0.15) is 6.61 Å². The van der Waals surface area contributed by atoms with Gasteiger partial charge in [-0.15, -0.1) is 0 Å². The van der Waals surface area contributed by atoms with Crippen LogP contribution in [0.3, 0.4) is 0 Å². The zero-order valence-corrected chi connectivity index (χ0v) is 18.0. The summed E-state index contributed by atoms with van der Waals surface area (Å²) in [4.78, 5) is 0. The summed E-state index contributed by atoms with van der Waals surface area (Å²) in [6, 6.07) is 9.13. The Hall–Kier alpha value is -3.01. The topological polar surface area (TPSA) is 59.7 Å². The predicted octanol–water partition coefficient (Wildman–Crippen LogP) is 2.47. The van der Waals surface area contributed by atoms with Gasteiger partial charge in [0, 0.05) is 12.6 Å². The second-order valence-electron chi connectivity index (χ2n) is 3.31. The first-order valence-corrected chi connectivity index (χ1v) is 5.85. The summed E-state index contributed by atoms with van der Waals surface area (Å²) in [5.74, 6) is 0.482. The van der Waals surface area contributed by atoms with Gasteiger partial charge in [-0.3, -0.25) is 10.3 Å². The Bertz CT molecular complexity index is 447. The number of rotatable bonds is 4. The van der Waals surface area contributed by atoms with E-state index in [2.05, 4.69) is 10.2 Å². The maximum Gasteiger partial charge on any atom is 0.192 e. The zero-order chi connectivity index (χ0) is 13.4. The number of hydrogen-bond donors (Lipinski definition) is 1. The van der Waals surface area contributed by atoms with Crippen LogP contribution in [-0.2, 0) is 6.61 Å². The van der Waals surface area contributed by atoms with Gasteiger partial charge in [0.2, 0.25) is 0 Å². The minimum Gasteiger partial charge on any atom is -0.579 e. The molecule has 2 aromatic rings. The van der Waals surface area contributed by atoms with Crippen molar-refractivity contribution < 1.29 is 9.94 Å². The Morgan fingerprint density at radius 2 is 1.95 bits per heavy atom. The van der Waals surface area contributed by atoms with E-state index < -0.39 is 0 Å². The number of ether oxygens (including phenoxy) is 1. The molecule has 0 aliphatic carbocycles. The summed E-state index contributed by atoms with van der Waals surface area (Å²) in [6.45, 7) is 4.35. The smallest absolute Gasteiger partial charge is 0.192 e. The number of hydrogen-bond acceptors (Lipinski definition) is 4. The van der Waals surface area contributed by atoms with Gasteiger partial charge in [0.25, 0.3) is 0 Å². The van der Waals surface area contributed by atoms with E-state index in [-0.39, 0.29) is 0 Å². The van der Waals surface area contributed by atoms with Gasteiger partial charge in [-0.25, -0.2) is 0 Å². The van der Waals surface area contributed by atoms with Crippen LogP contribution in [0.1, 0.15) is 19.4 Å². The molecular weight excluding hydrogens is 497 g/mol. The number of anilines is 1. The van der Waals surface area contributed by atoms with Crippen LogP contribution < -0.4 is 14.9 Å². The fourth-order valence-electron chi connectivity index (χ4n) is 1.40. The van der Waals surface area contributed by atoms with Crippen LogP contribution >= 0.6 is 0 Å². The molecule has 1 heterocycles. The van der Waals surface area contributed by atoms with E-state index in [1.165, 1.54) is 0 Å². The van der Waals surface area contributed by atoms with Gasteiger partial charge >= 0.3 is 0 Å². The van der Waals surface area contributed by atoms with Gasteiger partial charge in [-0.05, 0) is 12.1 Å². The molecule has 1 aromatic carbocycles. The maximum absolute atomic E-state index is 9.41. The van der Waals surface area contributed by atoms with Crippen molar-refractivity contribution in [1.82, 2.24) is 10.2 Å².